The summed E-state index contributed by atoms with van der Waals surface area (Å²) in [6.07, 6.45) is 4.01. The van der Waals surface area contributed by atoms with Crippen molar-refractivity contribution in [2.45, 2.75) is 6.42 Å². The Balaban J connectivity index is 2.07. The van der Waals surface area contributed by atoms with Crippen molar-refractivity contribution in [1.82, 2.24) is 14.5 Å². The zero-order valence-electron chi connectivity index (χ0n) is 14.5. The third-order valence-corrected chi connectivity index (χ3v) is 3.65. The second-order valence-corrected chi connectivity index (χ2v) is 5.70. The van der Waals surface area contributed by atoms with E-state index in [4.69, 9.17) is 11.1 Å². The van der Waals surface area contributed by atoms with Gasteiger partial charge in [-0.3, -0.25) is 19.8 Å². The predicted molar refractivity (Wildman–Crippen MR) is 97.3 cm³/mol. The number of carbonyl (C=O) groups is 3. The number of hydrogen-bond acceptors (Lipinski definition) is 4. The average Bonchev–Trinajstić information content (AvgIpc) is 3.10. The van der Waals surface area contributed by atoms with Crippen molar-refractivity contribution in [3.63, 3.8) is 0 Å². The van der Waals surface area contributed by atoms with Gasteiger partial charge in [0.15, 0.2) is 0 Å². The van der Waals surface area contributed by atoms with Crippen LogP contribution in [-0.4, -0.2) is 39.7 Å². The SMILES string of the molecule is Cn1cc(NC=O)cc1NC(=O)c1cc(C(=O)NCCC(=N)N)n(C)c1. The normalized spacial score (nSPS) is 10.2. The van der Waals surface area contributed by atoms with Crippen LogP contribution in [0.3, 0.4) is 0 Å². The summed E-state index contributed by atoms with van der Waals surface area (Å²) in [5, 5.41) is 15.0. The molecule has 0 aromatic carbocycles. The van der Waals surface area contributed by atoms with Gasteiger partial charge in [-0.1, -0.05) is 0 Å². The van der Waals surface area contributed by atoms with E-state index in [2.05, 4.69) is 16.0 Å². The van der Waals surface area contributed by atoms with Crippen LogP contribution in [0.4, 0.5) is 11.5 Å². The van der Waals surface area contributed by atoms with Crippen molar-refractivity contribution in [3.05, 3.63) is 35.8 Å². The molecule has 0 radical (unpaired) electrons. The van der Waals surface area contributed by atoms with Gasteiger partial charge in [-0.25, -0.2) is 0 Å². The number of carbonyl (C=O) groups excluding carboxylic acids is 3. The van der Waals surface area contributed by atoms with Crippen LogP contribution in [-0.2, 0) is 18.9 Å². The van der Waals surface area contributed by atoms with Gasteiger partial charge < -0.3 is 30.8 Å². The van der Waals surface area contributed by atoms with E-state index in [1.54, 1.807) is 41.7 Å². The largest absolute Gasteiger partial charge is 0.388 e. The predicted octanol–water partition coefficient (Wildman–Crippen LogP) is 0.240. The van der Waals surface area contributed by atoms with Crippen molar-refractivity contribution in [1.29, 1.82) is 5.41 Å². The molecule has 0 aliphatic rings. The Kier molecular flexibility index (Phi) is 5.78. The molecule has 0 aliphatic heterocycles. The molecule has 10 nitrogen and oxygen atoms in total. The Morgan fingerprint density at radius 2 is 1.92 bits per heavy atom. The van der Waals surface area contributed by atoms with Gasteiger partial charge in [0.25, 0.3) is 11.8 Å². The van der Waals surface area contributed by atoms with Gasteiger partial charge in [0, 0.05) is 45.5 Å². The van der Waals surface area contributed by atoms with Gasteiger partial charge in [0.2, 0.25) is 6.41 Å². The monoisotopic (exact) mass is 359 g/mol. The summed E-state index contributed by atoms with van der Waals surface area (Å²) in [7, 11) is 3.38. The van der Waals surface area contributed by atoms with E-state index in [-0.39, 0.29) is 30.6 Å². The molecule has 0 aliphatic carbocycles. The first-order valence-electron chi connectivity index (χ1n) is 7.77. The van der Waals surface area contributed by atoms with Crippen LogP contribution in [0, 0.1) is 5.41 Å². The van der Waals surface area contributed by atoms with E-state index < -0.39 is 0 Å². The number of amides is 3. The lowest BCUT2D eigenvalue weighted by molar-refractivity contribution is -0.105. The summed E-state index contributed by atoms with van der Waals surface area (Å²) in [5.41, 5.74) is 6.43. The maximum atomic E-state index is 12.4. The summed E-state index contributed by atoms with van der Waals surface area (Å²) in [6, 6.07) is 3.09. The van der Waals surface area contributed by atoms with Crippen molar-refractivity contribution < 1.29 is 14.4 Å². The third kappa shape index (κ3) is 4.50. The molecule has 0 saturated carbocycles. The summed E-state index contributed by atoms with van der Waals surface area (Å²) in [6.45, 7) is 0.247. The number of hydrogen-bond donors (Lipinski definition) is 5. The van der Waals surface area contributed by atoms with E-state index in [1.807, 2.05) is 0 Å². The summed E-state index contributed by atoms with van der Waals surface area (Å²) < 4.78 is 3.20. The molecule has 0 fully saturated rings. The molecule has 2 heterocycles. The first-order chi connectivity index (χ1) is 12.3. The number of aryl methyl sites for hydroxylation is 2. The van der Waals surface area contributed by atoms with Gasteiger partial charge >= 0.3 is 0 Å². The maximum Gasteiger partial charge on any atom is 0.267 e. The molecule has 2 aromatic heterocycles. The minimum Gasteiger partial charge on any atom is -0.388 e. The highest BCUT2D eigenvalue weighted by Gasteiger charge is 2.17. The lowest BCUT2D eigenvalue weighted by atomic mass is 10.2. The van der Waals surface area contributed by atoms with Gasteiger partial charge in [-0.2, -0.15) is 0 Å². The molecule has 0 unspecified atom stereocenters. The van der Waals surface area contributed by atoms with Gasteiger partial charge in [-0.15, -0.1) is 0 Å². The van der Waals surface area contributed by atoms with E-state index in [1.165, 1.54) is 6.07 Å². The number of anilines is 2. The second-order valence-electron chi connectivity index (χ2n) is 5.70. The van der Waals surface area contributed by atoms with Gasteiger partial charge in [0.1, 0.15) is 11.5 Å². The zero-order chi connectivity index (χ0) is 19.3. The molecular weight excluding hydrogens is 338 g/mol. The highest BCUT2D eigenvalue weighted by molar-refractivity contribution is 6.06. The van der Waals surface area contributed by atoms with Crippen molar-refractivity contribution in [2.75, 3.05) is 17.2 Å². The van der Waals surface area contributed by atoms with Crippen molar-refractivity contribution in [3.8, 4) is 0 Å². The average molecular weight is 359 g/mol. The zero-order valence-corrected chi connectivity index (χ0v) is 14.5. The lowest BCUT2D eigenvalue weighted by Gasteiger charge is -2.04. The Labute approximate surface area is 149 Å². The fourth-order valence-corrected chi connectivity index (χ4v) is 2.34. The molecule has 26 heavy (non-hydrogen) atoms. The molecule has 0 spiro atoms. The Bertz CT molecular complexity index is 850. The van der Waals surface area contributed by atoms with Crippen LogP contribution in [0.5, 0.6) is 0 Å². The van der Waals surface area contributed by atoms with Crippen LogP contribution in [0.1, 0.15) is 27.3 Å². The first-order valence-corrected chi connectivity index (χ1v) is 7.77. The molecular formula is C16H21N7O3. The molecule has 2 rings (SSSR count). The highest BCUT2D eigenvalue weighted by atomic mass is 16.2. The summed E-state index contributed by atoms with van der Waals surface area (Å²) in [4.78, 5) is 35.1. The second kappa shape index (κ2) is 8.01. The lowest BCUT2D eigenvalue weighted by Crippen LogP contribution is -2.28. The Hall–Kier alpha value is -3.56. The van der Waals surface area contributed by atoms with Crippen LogP contribution in [0.2, 0.25) is 0 Å². The number of nitrogens with zero attached hydrogens (tertiary/aromatic N) is 2. The van der Waals surface area contributed by atoms with Crippen molar-refractivity contribution in [2.24, 2.45) is 19.8 Å². The Morgan fingerprint density at radius 1 is 1.19 bits per heavy atom. The topological polar surface area (TPSA) is 147 Å². The third-order valence-electron chi connectivity index (χ3n) is 3.65. The van der Waals surface area contributed by atoms with E-state index >= 15 is 0 Å². The molecule has 3 amide bonds. The standard InChI is InChI=1S/C16H21N7O3/c1-22-7-10(5-12(22)16(26)19-4-3-13(17)18)15(25)21-14-6-11(20-9-24)8-23(14)2/h5-9H,3-4H2,1-2H3,(H3,17,18)(H,19,26)(H,20,24)(H,21,25). The molecule has 10 heteroatoms. The molecule has 0 saturated heterocycles. The van der Waals surface area contributed by atoms with Crippen LogP contribution < -0.4 is 21.7 Å². The van der Waals surface area contributed by atoms with Crippen LogP contribution in [0.15, 0.2) is 24.5 Å². The van der Waals surface area contributed by atoms with Crippen molar-refractivity contribution >= 4 is 35.6 Å². The number of rotatable bonds is 8. The number of aromatic nitrogens is 2. The van der Waals surface area contributed by atoms with E-state index in [0.29, 0.717) is 29.2 Å². The van der Waals surface area contributed by atoms with Crippen LogP contribution in [0.25, 0.3) is 0 Å². The number of nitrogens with one attached hydrogen (secondary N) is 4. The number of nitrogens with two attached hydrogens (primary N) is 1. The molecule has 6 N–H and O–H groups in total. The maximum absolute atomic E-state index is 12.4. The molecule has 138 valence electrons. The fraction of sp³-hybridized carbons (Fsp3) is 0.250. The minimum atomic E-state index is -0.387. The molecule has 2 aromatic rings. The molecule has 0 bridgehead atoms. The van der Waals surface area contributed by atoms with Crippen LogP contribution >= 0.6 is 0 Å². The summed E-state index contributed by atoms with van der Waals surface area (Å²) in [5.74, 6) is -0.259. The fourth-order valence-electron chi connectivity index (χ4n) is 2.34. The summed E-state index contributed by atoms with van der Waals surface area (Å²) >= 11 is 0. The van der Waals surface area contributed by atoms with E-state index in [0.717, 1.165) is 0 Å². The van der Waals surface area contributed by atoms with Gasteiger partial charge in [0.05, 0.1) is 17.1 Å². The van der Waals surface area contributed by atoms with Gasteiger partial charge in [-0.05, 0) is 6.07 Å². The highest BCUT2D eigenvalue weighted by Crippen LogP contribution is 2.18. The minimum absolute atomic E-state index is 0.0109. The Morgan fingerprint density at radius 3 is 2.58 bits per heavy atom. The smallest absolute Gasteiger partial charge is 0.267 e. The number of amidine groups is 1. The quantitative estimate of drug-likeness (QED) is 0.261. The van der Waals surface area contributed by atoms with E-state index in [9.17, 15) is 14.4 Å². The first kappa shape index (κ1) is 18.8. The molecule has 0 atom stereocenters.